The standard InChI is InChI=1S/C21H28N2O7/c1-20(2,3)29-18(26)23(19(27)30-21(4,5)6)14-10-9-12(17(25)28-8)13-11-22(7)16(24)15(13)14/h9-10H,11H2,1-8H3. The molecule has 0 radical (unpaired) electrons. The van der Waals surface area contributed by atoms with Crippen molar-refractivity contribution in [2.24, 2.45) is 0 Å². The molecule has 1 aromatic rings. The number of amides is 3. The minimum atomic E-state index is -0.993. The number of fused-ring (bicyclic) bond motifs is 1. The van der Waals surface area contributed by atoms with Crippen LogP contribution in [0.2, 0.25) is 0 Å². The van der Waals surface area contributed by atoms with Gasteiger partial charge in [-0.25, -0.2) is 14.4 Å². The zero-order valence-corrected chi connectivity index (χ0v) is 18.6. The third-order valence-electron chi connectivity index (χ3n) is 4.05. The Bertz CT molecular complexity index is 866. The molecule has 30 heavy (non-hydrogen) atoms. The fraction of sp³-hybridized carbons (Fsp3) is 0.524. The van der Waals surface area contributed by atoms with Gasteiger partial charge >= 0.3 is 18.2 Å². The normalized spacial score (nSPS) is 13.6. The largest absolute Gasteiger partial charge is 0.465 e. The van der Waals surface area contributed by atoms with Crippen molar-refractivity contribution >= 4 is 29.8 Å². The van der Waals surface area contributed by atoms with Gasteiger partial charge in [0.1, 0.15) is 11.2 Å². The van der Waals surface area contributed by atoms with Gasteiger partial charge in [-0.05, 0) is 53.7 Å². The molecular weight excluding hydrogens is 392 g/mol. The number of ether oxygens (including phenoxy) is 3. The van der Waals surface area contributed by atoms with Crippen LogP contribution in [0.5, 0.6) is 0 Å². The highest BCUT2D eigenvalue weighted by atomic mass is 16.6. The Kier molecular flexibility index (Phi) is 6.15. The fourth-order valence-corrected chi connectivity index (χ4v) is 2.91. The van der Waals surface area contributed by atoms with Gasteiger partial charge in [-0.15, -0.1) is 0 Å². The topological polar surface area (TPSA) is 102 Å². The predicted molar refractivity (Wildman–Crippen MR) is 109 cm³/mol. The number of carbonyl (C=O) groups is 4. The van der Waals surface area contributed by atoms with Crippen molar-refractivity contribution in [3.63, 3.8) is 0 Å². The average molecular weight is 420 g/mol. The lowest BCUT2D eigenvalue weighted by Crippen LogP contribution is -2.44. The van der Waals surface area contributed by atoms with E-state index in [1.54, 1.807) is 48.6 Å². The van der Waals surface area contributed by atoms with Gasteiger partial charge in [-0.2, -0.15) is 4.90 Å². The van der Waals surface area contributed by atoms with Gasteiger partial charge < -0.3 is 19.1 Å². The highest BCUT2D eigenvalue weighted by molar-refractivity contribution is 6.16. The zero-order chi connectivity index (χ0) is 23.0. The van der Waals surface area contributed by atoms with Crippen molar-refractivity contribution in [1.29, 1.82) is 0 Å². The molecule has 0 spiro atoms. The Labute approximate surface area is 175 Å². The van der Waals surface area contributed by atoms with Gasteiger partial charge in [0.25, 0.3) is 5.91 Å². The molecule has 0 saturated carbocycles. The smallest absolute Gasteiger partial charge is 0.424 e. The van der Waals surface area contributed by atoms with Gasteiger partial charge in [-0.3, -0.25) is 4.79 Å². The molecule has 0 fully saturated rings. The second-order valence-corrected chi connectivity index (χ2v) is 8.93. The molecule has 1 aliphatic heterocycles. The lowest BCUT2D eigenvalue weighted by molar-refractivity contribution is 0.0430. The number of hydrogen-bond donors (Lipinski definition) is 0. The monoisotopic (exact) mass is 420 g/mol. The second-order valence-electron chi connectivity index (χ2n) is 8.93. The summed E-state index contributed by atoms with van der Waals surface area (Å²) in [6, 6.07) is 2.75. The first kappa shape index (κ1) is 23.2. The van der Waals surface area contributed by atoms with Crippen LogP contribution in [0.25, 0.3) is 0 Å². The van der Waals surface area contributed by atoms with E-state index in [1.165, 1.54) is 24.1 Å². The molecule has 0 unspecified atom stereocenters. The summed E-state index contributed by atoms with van der Waals surface area (Å²) >= 11 is 0. The van der Waals surface area contributed by atoms with E-state index in [0.717, 1.165) is 0 Å². The molecule has 9 heteroatoms. The Balaban J connectivity index is 2.68. The number of carbonyl (C=O) groups excluding carboxylic acids is 4. The van der Waals surface area contributed by atoms with Crippen LogP contribution in [0.1, 0.15) is 67.8 Å². The number of methoxy groups -OCH3 is 1. The van der Waals surface area contributed by atoms with E-state index in [0.29, 0.717) is 10.5 Å². The second kappa shape index (κ2) is 7.97. The van der Waals surface area contributed by atoms with E-state index in [4.69, 9.17) is 14.2 Å². The quantitative estimate of drug-likeness (QED) is 0.530. The Hall–Kier alpha value is -3.10. The van der Waals surface area contributed by atoms with Crippen molar-refractivity contribution in [2.75, 3.05) is 19.1 Å². The summed E-state index contributed by atoms with van der Waals surface area (Å²) in [5.74, 6) is -1.06. The summed E-state index contributed by atoms with van der Waals surface area (Å²) in [6.45, 7) is 10.1. The van der Waals surface area contributed by atoms with Crippen LogP contribution >= 0.6 is 0 Å². The molecule has 2 rings (SSSR count). The van der Waals surface area contributed by atoms with E-state index in [2.05, 4.69) is 0 Å². The van der Waals surface area contributed by atoms with Crippen LogP contribution in [0.15, 0.2) is 12.1 Å². The minimum Gasteiger partial charge on any atom is -0.465 e. The minimum absolute atomic E-state index is 0.0181. The van der Waals surface area contributed by atoms with Crippen LogP contribution in [0.3, 0.4) is 0 Å². The highest BCUT2D eigenvalue weighted by Gasteiger charge is 2.39. The first-order chi connectivity index (χ1) is 13.7. The number of hydrogen-bond acceptors (Lipinski definition) is 7. The molecule has 164 valence electrons. The number of nitrogens with zero attached hydrogens (tertiary/aromatic N) is 2. The number of imide groups is 1. The van der Waals surface area contributed by atoms with Gasteiger partial charge in [0.15, 0.2) is 0 Å². The maximum atomic E-state index is 12.9. The summed E-state index contributed by atoms with van der Waals surface area (Å²) in [4.78, 5) is 52.9. The number of rotatable bonds is 2. The van der Waals surface area contributed by atoms with Crippen molar-refractivity contribution in [3.05, 3.63) is 28.8 Å². The van der Waals surface area contributed by atoms with E-state index < -0.39 is 35.3 Å². The summed E-state index contributed by atoms with van der Waals surface area (Å²) < 4.78 is 15.6. The SMILES string of the molecule is COC(=O)c1ccc(N(C(=O)OC(C)(C)C)C(=O)OC(C)(C)C)c2c1CN(C)C2=O. The van der Waals surface area contributed by atoms with Crippen LogP contribution in [-0.2, 0) is 20.8 Å². The molecule has 9 nitrogen and oxygen atoms in total. The number of benzene rings is 1. The Morgan fingerprint density at radius 2 is 1.47 bits per heavy atom. The molecule has 0 aromatic heterocycles. The Morgan fingerprint density at radius 3 is 1.90 bits per heavy atom. The lowest BCUT2D eigenvalue weighted by atomic mass is 10.0. The summed E-state index contributed by atoms with van der Waals surface area (Å²) in [6.07, 6.45) is -1.99. The van der Waals surface area contributed by atoms with Gasteiger partial charge in [0.05, 0.1) is 23.9 Å². The van der Waals surface area contributed by atoms with Crippen LogP contribution < -0.4 is 4.90 Å². The molecule has 3 amide bonds. The summed E-state index contributed by atoms with van der Waals surface area (Å²) in [5, 5.41) is 0. The fourth-order valence-electron chi connectivity index (χ4n) is 2.91. The van der Waals surface area contributed by atoms with Crippen LogP contribution in [-0.4, -0.2) is 54.3 Å². The van der Waals surface area contributed by atoms with Crippen molar-refractivity contribution in [1.82, 2.24) is 4.90 Å². The van der Waals surface area contributed by atoms with E-state index in [-0.39, 0.29) is 23.4 Å². The molecular formula is C21H28N2O7. The molecule has 0 atom stereocenters. The van der Waals surface area contributed by atoms with E-state index in [9.17, 15) is 19.2 Å². The molecule has 0 aliphatic carbocycles. The first-order valence-corrected chi connectivity index (χ1v) is 9.42. The van der Waals surface area contributed by atoms with Gasteiger partial charge in [-0.1, -0.05) is 0 Å². The highest BCUT2D eigenvalue weighted by Crippen LogP contribution is 2.35. The molecule has 0 saturated heterocycles. The number of anilines is 1. The molecule has 1 aliphatic rings. The van der Waals surface area contributed by atoms with E-state index in [1.807, 2.05) is 0 Å². The number of esters is 1. The maximum absolute atomic E-state index is 12.9. The van der Waals surface area contributed by atoms with Gasteiger partial charge in [0, 0.05) is 19.2 Å². The van der Waals surface area contributed by atoms with Crippen LogP contribution in [0, 0.1) is 0 Å². The first-order valence-electron chi connectivity index (χ1n) is 9.42. The summed E-state index contributed by atoms with van der Waals surface area (Å²) in [5.41, 5.74) is -1.21. The van der Waals surface area contributed by atoms with Gasteiger partial charge in [0.2, 0.25) is 0 Å². The lowest BCUT2D eigenvalue weighted by Gasteiger charge is -2.29. The molecule has 1 aromatic carbocycles. The van der Waals surface area contributed by atoms with Crippen molar-refractivity contribution < 1.29 is 33.4 Å². The van der Waals surface area contributed by atoms with Crippen molar-refractivity contribution in [2.45, 2.75) is 59.3 Å². The third-order valence-corrected chi connectivity index (χ3v) is 4.05. The van der Waals surface area contributed by atoms with E-state index >= 15 is 0 Å². The third kappa shape index (κ3) is 4.90. The van der Waals surface area contributed by atoms with Crippen LogP contribution in [0.4, 0.5) is 15.3 Å². The molecule has 0 N–H and O–H groups in total. The molecule has 1 heterocycles. The zero-order valence-electron chi connectivity index (χ0n) is 18.6. The Morgan fingerprint density at radius 1 is 0.967 bits per heavy atom. The van der Waals surface area contributed by atoms with Crippen molar-refractivity contribution in [3.8, 4) is 0 Å². The predicted octanol–water partition coefficient (Wildman–Crippen LogP) is 3.74. The average Bonchev–Trinajstić information content (AvgIpc) is 2.86. The molecule has 0 bridgehead atoms. The summed E-state index contributed by atoms with van der Waals surface area (Å²) in [7, 11) is 2.79. The maximum Gasteiger partial charge on any atom is 0.424 e.